The topological polar surface area (TPSA) is 107 Å². The fourth-order valence-electron chi connectivity index (χ4n) is 3.39. The number of nitrogens with one attached hydrogen (secondary N) is 1. The zero-order chi connectivity index (χ0) is 21.8. The molecule has 2 amide bonds. The normalized spacial score (nSPS) is 10.7. The molecular weight excluding hydrogens is 392 g/mol. The molecule has 7 nitrogen and oxygen atoms in total. The number of nitrogens with zero attached hydrogens (tertiary/aromatic N) is 2. The third-order valence-electron chi connectivity index (χ3n) is 4.93. The van der Waals surface area contributed by atoms with Gasteiger partial charge in [0.15, 0.2) is 5.69 Å². The molecule has 0 saturated heterocycles. The highest BCUT2D eigenvalue weighted by Crippen LogP contribution is 2.15. The molecule has 0 aliphatic rings. The molecule has 0 bridgehead atoms. The third kappa shape index (κ3) is 4.20. The summed E-state index contributed by atoms with van der Waals surface area (Å²) in [4.78, 5) is 37.2. The summed E-state index contributed by atoms with van der Waals surface area (Å²) in [5, 5.41) is 8.13. The number of benzene rings is 3. The van der Waals surface area contributed by atoms with Crippen molar-refractivity contribution in [3.8, 4) is 5.69 Å². The second-order valence-corrected chi connectivity index (χ2v) is 7.02. The minimum Gasteiger partial charge on any atom is -0.366 e. The second-order valence-electron chi connectivity index (χ2n) is 7.02. The average molecular weight is 412 g/mol. The Bertz CT molecular complexity index is 1330. The lowest BCUT2D eigenvalue weighted by Gasteiger charge is -2.11. The van der Waals surface area contributed by atoms with Crippen LogP contribution in [0.5, 0.6) is 0 Å². The van der Waals surface area contributed by atoms with E-state index in [0.29, 0.717) is 35.0 Å². The maximum absolute atomic E-state index is 13.0. The Morgan fingerprint density at radius 2 is 1.61 bits per heavy atom. The first kappa shape index (κ1) is 20.0. The Morgan fingerprint density at radius 1 is 0.903 bits per heavy atom. The van der Waals surface area contributed by atoms with Crippen LogP contribution in [0.2, 0.25) is 0 Å². The number of hydrogen-bond donors (Lipinski definition) is 2. The number of fused-ring (bicyclic) bond motifs is 1. The van der Waals surface area contributed by atoms with E-state index in [9.17, 15) is 14.4 Å². The van der Waals surface area contributed by atoms with E-state index in [-0.39, 0.29) is 17.2 Å². The molecule has 0 aliphatic heterocycles. The lowest BCUT2D eigenvalue weighted by molar-refractivity contribution is 0.0947. The summed E-state index contributed by atoms with van der Waals surface area (Å²) in [5.41, 5.74) is 7.08. The smallest absolute Gasteiger partial charge is 0.279 e. The van der Waals surface area contributed by atoms with Gasteiger partial charge < -0.3 is 11.1 Å². The highest BCUT2D eigenvalue weighted by atomic mass is 16.2. The Kier molecular flexibility index (Phi) is 5.57. The Labute approximate surface area is 178 Å². The van der Waals surface area contributed by atoms with Crippen molar-refractivity contribution in [3.63, 3.8) is 0 Å². The van der Waals surface area contributed by atoms with Crippen LogP contribution >= 0.6 is 0 Å². The molecule has 0 spiro atoms. The van der Waals surface area contributed by atoms with Gasteiger partial charge in [-0.15, -0.1) is 0 Å². The third-order valence-corrected chi connectivity index (χ3v) is 4.93. The fraction of sp³-hybridized carbons (Fsp3) is 0.0833. The number of hydrogen-bond acceptors (Lipinski definition) is 4. The molecule has 0 fully saturated rings. The molecule has 0 aliphatic carbocycles. The number of primary amides is 1. The van der Waals surface area contributed by atoms with Crippen LogP contribution < -0.4 is 16.6 Å². The molecule has 154 valence electrons. The molecule has 4 aromatic rings. The predicted octanol–water partition coefficient (Wildman–Crippen LogP) is 2.46. The van der Waals surface area contributed by atoms with E-state index in [4.69, 9.17) is 5.73 Å². The fourth-order valence-corrected chi connectivity index (χ4v) is 3.39. The van der Waals surface area contributed by atoms with Crippen molar-refractivity contribution in [3.05, 3.63) is 106 Å². The number of carbonyl (C=O) groups excluding carboxylic acids is 2. The number of nitrogens with two attached hydrogens (primary N) is 1. The van der Waals surface area contributed by atoms with Gasteiger partial charge in [-0.2, -0.15) is 9.78 Å². The standard InChI is InChI=1S/C24H20N4O3/c25-22(29)17-8-6-7-16(15-17)13-14-26-23(30)21-19-11-4-5-12-20(19)24(31)28(27-21)18-9-2-1-3-10-18/h1-12,15H,13-14H2,(H2,25,29)(H,26,30). The zero-order valence-corrected chi connectivity index (χ0v) is 16.6. The highest BCUT2D eigenvalue weighted by Gasteiger charge is 2.17. The molecule has 4 rings (SSSR count). The summed E-state index contributed by atoms with van der Waals surface area (Å²) in [7, 11) is 0. The van der Waals surface area contributed by atoms with Gasteiger partial charge >= 0.3 is 0 Å². The number of para-hydroxylation sites is 1. The summed E-state index contributed by atoms with van der Waals surface area (Å²) in [6.07, 6.45) is 0.517. The first-order valence-electron chi connectivity index (χ1n) is 9.79. The van der Waals surface area contributed by atoms with Crippen molar-refractivity contribution in [2.45, 2.75) is 6.42 Å². The second kappa shape index (κ2) is 8.62. The zero-order valence-electron chi connectivity index (χ0n) is 16.6. The van der Waals surface area contributed by atoms with Gasteiger partial charge in [-0.1, -0.05) is 48.5 Å². The van der Waals surface area contributed by atoms with Gasteiger partial charge in [0.2, 0.25) is 5.91 Å². The summed E-state index contributed by atoms with van der Waals surface area (Å²) in [5.74, 6) is -0.878. The molecule has 7 heteroatoms. The maximum Gasteiger partial charge on any atom is 0.279 e. The summed E-state index contributed by atoms with van der Waals surface area (Å²) >= 11 is 0. The Hall–Kier alpha value is -4.26. The van der Waals surface area contributed by atoms with Crippen LogP contribution in [0.1, 0.15) is 26.4 Å². The maximum atomic E-state index is 13.0. The molecule has 0 unspecified atom stereocenters. The average Bonchev–Trinajstić information content (AvgIpc) is 2.80. The van der Waals surface area contributed by atoms with Gasteiger partial charge in [-0.3, -0.25) is 14.4 Å². The van der Waals surface area contributed by atoms with E-state index >= 15 is 0 Å². The van der Waals surface area contributed by atoms with Gasteiger partial charge in [0.05, 0.1) is 11.1 Å². The van der Waals surface area contributed by atoms with Crippen LogP contribution in [0, 0.1) is 0 Å². The first-order chi connectivity index (χ1) is 15.0. The van der Waals surface area contributed by atoms with E-state index < -0.39 is 5.91 Å². The summed E-state index contributed by atoms with van der Waals surface area (Å²) in [6, 6.07) is 22.9. The lowest BCUT2D eigenvalue weighted by atomic mass is 10.1. The van der Waals surface area contributed by atoms with Gasteiger partial charge in [0, 0.05) is 17.5 Å². The minimum atomic E-state index is -0.496. The molecule has 3 N–H and O–H groups in total. The first-order valence-corrected chi connectivity index (χ1v) is 9.79. The number of carbonyl (C=O) groups is 2. The van der Waals surface area contributed by atoms with Gasteiger partial charge in [-0.05, 0) is 42.3 Å². The van der Waals surface area contributed by atoms with Crippen LogP contribution in [-0.2, 0) is 6.42 Å². The Balaban J connectivity index is 1.62. The number of rotatable bonds is 6. The predicted molar refractivity (Wildman–Crippen MR) is 118 cm³/mol. The molecule has 1 aromatic heterocycles. The molecular formula is C24H20N4O3. The molecule has 0 saturated carbocycles. The van der Waals surface area contributed by atoms with E-state index in [1.807, 2.05) is 12.1 Å². The van der Waals surface area contributed by atoms with Crippen LogP contribution in [0.15, 0.2) is 83.7 Å². The van der Waals surface area contributed by atoms with Crippen molar-refractivity contribution in [2.24, 2.45) is 5.73 Å². The van der Waals surface area contributed by atoms with Crippen molar-refractivity contribution < 1.29 is 9.59 Å². The van der Waals surface area contributed by atoms with E-state index in [1.165, 1.54) is 4.68 Å². The van der Waals surface area contributed by atoms with Crippen LogP contribution in [0.3, 0.4) is 0 Å². The molecule has 1 heterocycles. The van der Waals surface area contributed by atoms with Crippen molar-refractivity contribution in [1.29, 1.82) is 0 Å². The Morgan fingerprint density at radius 3 is 2.35 bits per heavy atom. The van der Waals surface area contributed by atoms with Crippen molar-refractivity contribution in [2.75, 3.05) is 6.54 Å². The van der Waals surface area contributed by atoms with E-state index in [2.05, 4.69) is 10.4 Å². The number of aromatic nitrogens is 2. The lowest BCUT2D eigenvalue weighted by Crippen LogP contribution is -2.31. The minimum absolute atomic E-state index is 0.171. The van der Waals surface area contributed by atoms with E-state index in [0.717, 1.165) is 5.56 Å². The summed E-state index contributed by atoms with van der Waals surface area (Å²) < 4.78 is 1.24. The number of amides is 2. The summed E-state index contributed by atoms with van der Waals surface area (Å²) in [6.45, 7) is 0.335. The molecule has 0 radical (unpaired) electrons. The van der Waals surface area contributed by atoms with Crippen molar-refractivity contribution in [1.82, 2.24) is 15.1 Å². The highest BCUT2D eigenvalue weighted by molar-refractivity contribution is 6.04. The molecule has 3 aromatic carbocycles. The van der Waals surface area contributed by atoms with Crippen LogP contribution in [0.25, 0.3) is 16.5 Å². The largest absolute Gasteiger partial charge is 0.366 e. The van der Waals surface area contributed by atoms with Crippen LogP contribution in [0.4, 0.5) is 0 Å². The van der Waals surface area contributed by atoms with Gasteiger partial charge in [-0.25, -0.2) is 0 Å². The quantitative estimate of drug-likeness (QED) is 0.507. The van der Waals surface area contributed by atoms with Crippen molar-refractivity contribution >= 4 is 22.6 Å². The van der Waals surface area contributed by atoms with E-state index in [1.54, 1.807) is 66.7 Å². The molecule has 31 heavy (non-hydrogen) atoms. The van der Waals surface area contributed by atoms with Gasteiger partial charge in [0.25, 0.3) is 11.5 Å². The monoisotopic (exact) mass is 412 g/mol. The molecule has 0 atom stereocenters. The van der Waals surface area contributed by atoms with Gasteiger partial charge in [0.1, 0.15) is 0 Å². The SMILES string of the molecule is NC(=O)c1cccc(CCNC(=O)c2nn(-c3ccccc3)c(=O)c3ccccc23)c1. The van der Waals surface area contributed by atoms with Crippen LogP contribution in [-0.4, -0.2) is 28.1 Å².